The minimum atomic E-state index is 0. The summed E-state index contributed by atoms with van der Waals surface area (Å²) in [5.41, 5.74) is 8.58. The summed E-state index contributed by atoms with van der Waals surface area (Å²) < 4.78 is 12.3. The van der Waals surface area contributed by atoms with Crippen LogP contribution in [0.3, 0.4) is 0 Å². The molecule has 0 unspecified atom stereocenters. The molecular formula is C15H22IN5O2. The van der Waals surface area contributed by atoms with Crippen LogP contribution in [0, 0.1) is 6.92 Å². The van der Waals surface area contributed by atoms with Crippen LogP contribution in [0.4, 0.5) is 5.69 Å². The molecule has 3 N–H and O–H groups in total. The molecule has 23 heavy (non-hydrogen) atoms. The number of aryl methyl sites for hydroxylation is 2. The van der Waals surface area contributed by atoms with Gasteiger partial charge >= 0.3 is 0 Å². The predicted molar refractivity (Wildman–Crippen MR) is 102 cm³/mol. The normalized spacial score (nSPS) is 10.9. The number of rotatable bonds is 5. The van der Waals surface area contributed by atoms with Crippen molar-refractivity contribution in [1.82, 2.24) is 9.78 Å². The molecule has 0 aliphatic rings. The van der Waals surface area contributed by atoms with Gasteiger partial charge in [-0.2, -0.15) is 5.10 Å². The highest BCUT2D eigenvalue weighted by Gasteiger charge is 2.06. The molecule has 126 valence electrons. The largest absolute Gasteiger partial charge is 0.497 e. The van der Waals surface area contributed by atoms with Gasteiger partial charge in [0, 0.05) is 13.1 Å². The maximum atomic E-state index is 5.94. The van der Waals surface area contributed by atoms with Crippen LogP contribution in [0.5, 0.6) is 11.5 Å². The van der Waals surface area contributed by atoms with E-state index in [1.807, 2.05) is 26.1 Å². The van der Waals surface area contributed by atoms with E-state index in [9.17, 15) is 0 Å². The molecule has 0 saturated heterocycles. The Morgan fingerprint density at radius 3 is 2.61 bits per heavy atom. The SMILES string of the molecule is COc1ccc(OC)c(NC(N)=NCc2cc(C)nn2C)c1.I. The van der Waals surface area contributed by atoms with E-state index in [1.54, 1.807) is 31.0 Å². The zero-order valence-corrected chi connectivity index (χ0v) is 16.0. The predicted octanol–water partition coefficient (Wildman–Crippen LogP) is 2.29. The average molecular weight is 431 g/mol. The van der Waals surface area contributed by atoms with Crippen LogP contribution in [-0.2, 0) is 13.6 Å². The standard InChI is InChI=1S/C15H21N5O2.HI/c1-10-7-11(20(2)19-10)9-17-15(16)18-13-8-12(21-3)5-6-14(13)22-4;/h5-8H,9H2,1-4H3,(H3,16,17,18);1H. The second-order valence-electron chi connectivity index (χ2n) is 4.79. The van der Waals surface area contributed by atoms with E-state index in [0.29, 0.717) is 29.7 Å². The minimum Gasteiger partial charge on any atom is -0.497 e. The van der Waals surface area contributed by atoms with E-state index >= 15 is 0 Å². The number of nitrogens with zero attached hydrogens (tertiary/aromatic N) is 3. The second-order valence-corrected chi connectivity index (χ2v) is 4.79. The summed E-state index contributed by atoms with van der Waals surface area (Å²) in [4.78, 5) is 4.32. The Labute approximate surface area is 152 Å². The number of methoxy groups -OCH3 is 2. The van der Waals surface area contributed by atoms with Crippen molar-refractivity contribution in [2.45, 2.75) is 13.5 Å². The van der Waals surface area contributed by atoms with Crippen LogP contribution in [0.2, 0.25) is 0 Å². The lowest BCUT2D eigenvalue weighted by Gasteiger charge is -2.12. The molecule has 0 spiro atoms. The van der Waals surface area contributed by atoms with Crippen molar-refractivity contribution in [2.24, 2.45) is 17.8 Å². The first-order valence-corrected chi connectivity index (χ1v) is 6.82. The van der Waals surface area contributed by atoms with Crippen LogP contribution in [0.1, 0.15) is 11.4 Å². The first kappa shape index (κ1) is 19.1. The van der Waals surface area contributed by atoms with Crippen LogP contribution in [0.15, 0.2) is 29.3 Å². The molecule has 0 amide bonds. The zero-order valence-electron chi connectivity index (χ0n) is 13.7. The molecule has 1 aromatic carbocycles. The first-order valence-electron chi connectivity index (χ1n) is 6.82. The number of anilines is 1. The van der Waals surface area contributed by atoms with E-state index < -0.39 is 0 Å². The van der Waals surface area contributed by atoms with Crippen molar-refractivity contribution in [3.05, 3.63) is 35.7 Å². The monoisotopic (exact) mass is 431 g/mol. The fourth-order valence-electron chi connectivity index (χ4n) is 2.07. The van der Waals surface area contributed by atoms with Gasteiger partial charge in [-0.1, -0.05) is 0 Å². The molecule has 1 aromatic heterocycles. The van der Waals surface area contributed by atoms with Crippen molar-refractivity contribution in [1.29, 1.82) is 0 Å². The summed E-state index contributed by atoms with van der Waals surface area (Å²) in [6.07, 6.45) is 0. The molecule has 1 heterocycles. The Morgan fingerprint density at radius 2 is 2.04 bits per heavy atom. The number of hydrogen-bond acceptors (Lipinski definition) is 4. The summed E-state index contributed by atoms with van der Waals surface area (Å²) in [6.45, 7) is 2.39. The molecule has 7 nitrogen and oxygen atoms in total. The summed E-state index contributed by atoms with van der Waals surface area (Å²) >= 11 is 0. The molecule has 0 aliphatic carbocycles. The van der Waals surface area contributed by atoms with E-state index in [0.717, 1.165) is 11.4 Å². The Balaban J connectivity index is 0.00000264. The van der Waals surface area contributed by atoms with Crippen molar-refractivity contribution in [3.8, 4) is 11.5 Å². The lowest BCUT2D eigenvalue weighted by atomic mass is 10.2. The molecule has 8 heteroatoms. The van der Waals surface area contributed by atoms with Gasteiger partial charge in [0.2, 0.25) is 0 Å². The average Bonchev–Trinajstić information content (AvgIpc) is 2.83. The number of nitrogens with two attached hydrogens (primary N) is 1. The summed E-state index contributed by atoms with van der Waals surface area (Å²) in [6, 6.07) is 7.40. The number of aliphatic imine (C=N–C) groups is 1. The Morgan fingerprint density at radius 1 is 1.30 bits per heavy atom. The number of guanidine groups is 1. The maximum absolute atomic E-state index is 5.94. The van der Waals surface area contributed by atoms with Crippen molar-refractivity contribution in [3.63, 3.8) is 0 Å². The Kier molecular flexibility index (Phi) is 7.14. The molecule has 2 aromatic rings. The third-order valence-electron chi connectivity index (χ3n) is 3.18. The fraction of sp³-hybridized carbons (Fsp3) is 0.333. The molecule has 0 radical (unpaired) electrons. The van der Waals surface area contributed by atoms with Crippen molar-refractivity contribution in [2.75, 3.05) is 19.5 Å². The Bertz CT molecular complexity index is 685. The van der Waals surface area contributed by atoms with Gasteiger partial charge < -0.3 is 20.5 Å². The highest BCUT2D eigenvalue weighted by atomic mass is 127. The van der Waals surface area contributed by atoms with Crippen LogP contribution in [0.25, 0.3) is 0 Å². The number of ether oxygens (including phenoxy) is 2. The van der Waals surface area contributed by atoms with E-state index in [-0.39, 0.29) is 24.0 Å². The van der Waals surface area contributed by atoms with E-state index in [1.165, 1.54) is 0 Å². The molecule has 2 rings (SSSR count). The van der Waals surface area contributed by atoms with E-state index in [4.69, 9.17) is 15.2 Å². The van der Waals surface area contributed by atoms with Gasteiger partial charge in [-0.15, -0.1) is 24.0 Å². The minimum absolute atomic E-state index is 0. The molecule has 0 atom stereocenters. The lowest BCUT2D eigenvalue weighted by Crippen LogP contribution is -2.23. The van der Waals surface area contributed by atoms with Gasteiger partial charge in [-0.05, 0) is 25.1 Å². The van der Waals surface area contributed by atoms with Crippen molar-refractivity contribution >= 4 is 35.6 Å². The van der Waals surface area contributed by atoms with E-state index in [2.05, 4.69) is 15.4 Å². The summed E-state index contributed by atoms with van der Waals surface area (Å²) in [5, 5.41) is 7.30. The highest BCUT2D eigenvalue weighted by Crippen LogP contribution is 2.28. The molecule has 0 bridgehead atoms. The van der Waals surface area contributed by atoms with Gasteiger partial charge in [-0.3, -0.25) is 4.68 Å². The van der Waals surface area contributed by atoms with Crippen LogP contribution < -0.4 is 20.5 Å². The third kappa shape index (κ3) is 5.02. The number of halogens is 1. The smallest absolute Gasteiger partial charge is 0.193 e. The number of hydrogen-bond donors (Lipinski definition) is 2. The molecule has 0 saturated carbocycles. The molecule has 0 fully saturated rings. The van der Waals surface area contributed by atoms with Gasteiger partial charge in [0.15, 0.2) is 5.96 Å². The van der Waals surface area contributed by atoms with Crippen LogP contribution >= 0.6 is 24.0 Å². The van der Waals surface area contributed by atoms with Gasteiger partial charge in [0.05, 0.1) is 37.8 Å². The number of benzene rings is 1. The maximum Gasteiger partial charge on any atom is 0.193 e. The topological polar surface area (TPSA) is 86.7 Å². The summed E-state index contributed by atoms with van der Waals surface area (Å²) in [5.74, 6) is 1.67. The van der Waals surface area contributed by atoms with Gasteiger partial charge in [-0.25, -0.2) is 4.99 Å². The van der Waals surface area contributed by atoms with Gasteiger partial charge in [0.1, 0.15) is 11.5 Å². The van der Waals surface area contributed by atoms with Gasteiger partial charge in [0.25, 0.3) is 0 Å². The molecule has 0 aliphatic heterocycles. The quantitative estimate of drug-likeness (QED) is 0.431. The zero-order chi connectivity index (χ0) is 16.1. The third-order valence-corrected chi connectivity index (χ3v) is 3.18. The van der Waals surface area contributed by atoms with Crippen LogP contribution in [-0.4, -0.2) is 30.0 Å². The fourth-order valence-corrected chi connectivity index (χ4v) is 2.07. The number of aromatic nitrogens is 2. The Hall–Kier alpha value is -1.97. The second kappa shape index (κ2) is 8.61. The molecular weight excluding hydrogens is 409 g/mol. The number of nitrogens with one attached hydrogen (secondary N) is 1. The lowest BCUT2D eigenvalue weighted by molar-refractivity contribution is 0.405. The first-order chi connectivity index (χ1) is 10.5. The van der Waals surface area contributed by atoms with Crippen molar-refractivity contribution < 1.29 is 9.47 Å². The highest BCUT2D eigenvalue weighted by molar-refractivity contribution is 14.0. The summed E-state index contributed by atoms with van der Waals surface area (Å²) in [7, 11) is 5.08.